The monoisotopic (exact) mass is 263 g/mol. The first-order valence-corrected chi connectivity index (χ1v) is 7.16. The highest BCUT2D eigenvalue weighted by molar-refractivity contribution is 5.90. The van der Waals surface area contributed by atoms with Crippen LogP contribution in [-0.2, 0) is 4.74 Å². The van der Waals surface area contributed by atoms with Gasteiger partial charge in [0.15, 0.2) is 0 Å². The number of ether oxygens (including phenoxy) is 1. The summed E-state index contributed by atoms with van der Waals surface area (Å²) < 4.78 is 5.22. The summed E-state index contributed by atoms with van der Waals surface area (Å²) in [6.07, 6.45) is 1.95. The molecule has 0 atom stereocenters. The summed E-state index contributed by atoms with van der Waals surface area (Å²) in [5.74, 6) is -0.220. The fourth-order valence-electron chi connectivity index (χ4n) is 2.09. The molecule has 0 aliphatic carbocycles. The molecule has 0 unspecified atom stereocenters. The molecule has 0 radical (unpaired) electrons. The van der Waals surface area contributed by atoms with E-state index in [9.17, 15) is 4.79 Å². The predicted molar refractivity (Wildman–Crippen MR) is 79.9 cm³/mol. The number of aryl methyl sites for hydroxylation is 1. The molecule has 0 aliphatic heterocycles. The van der Waals surface area contributed by atoms with Crippen LogP contribution < -0.4 is 4.90 Å². The molecule has 19 heavy (non-hydrogen) atoms. The topological polar surface area (TPSA) is 29.5 Å². The van der Waals surface area contributed by atoms with Gasteiger partial charge in [-0.25, -0.2) is 4.79 Å². The molecule has 0 fully saturated rings. The Bertz CT molecular complexity index is 411. The summed E-state index contributed by atoms with van der Waals surface area (Å²) >= 11 is 0. The van der Waals surface area contributed by atoms with Gasteiger partial charge in [0.05, 0.1) is 12.2 Å². The Balaban J connectivity index is 2.78. The first-order chi connectivity index (χ1) is 9.13. The van der Waals surface area contributed by atoms with E-state index in [1.165, 1.54) is 5.69 Å². The first kappa shape index (κ1) is 15.5. The molecule has 0 spiro atoms. The number of benzene rings is 1. The SMILES string of the molecule is CCCCOC(=O)c1ccc(N(CC)CC)c(C)c1. The molecule has 0 aromatic heterocycles. The van der Waals surface area contributed by atoms with Crippen LogP contribution in [-0.4, -0.2) is 25.7 Å². The zero-order valence-corrected chi connectivity index (χ0v) is 12.5. The molecule has 0 bridgehead atoms. The van der Waals surface area contributed by atoms with Gasteiger partial charge >= 0.3 is 5.97 Å². The molecule has 3 nitrogen and oxygen atoms in total. The van der Waals surface area contributed by atoms with Gasteiger partial charge in [-0.05, 0) is 51.0 Å². The van der Waals surface area contributed by atoms with E-state index in [0.29, 0.717) is 12.2 Å². The number of hydrogen-bond donors (Lipinski definition) is 0. The van der Waals surface area contributed by atoms with Crippen LogP contribution in [0.15, 0.2) is 18.2 Å². The molecule has 0 aliphatic rings. The molecular weight excluding hydrogens is 238 g/mol. The Hall–Kier alpha value is -1.51. The highest BCUT2D eigenvalue weighted by atomic mass is 16.5. The van der Waals surface area contributed by atoms with Crippen LogP contribution in [0.25, 0.3) is 0 Å². The van der Waals surface area contributed by atoms with Crippen molar-refractivity contribution < 1.29 is 9.53 Å². The van der Waals surface area contributed by atoms with Gasteiger partial charge in [-0.1, -0.05) is 13.3 Å². The van der Waals surface area contributed by atoms with Crippen molar-refractivity contribution >= 4 is 11.7 Å². The Morgan fingerprint density at radius 1 is 1.21 bits per heavy atom. The molecule has 3 heteroatoms. The molecular formula is C16H25NO2. The third-order valence-corrected chi connectivity index (χ3v) is 3.27. The lowest BCUT2D eigenvalue weighted by atomic mass is 10.1. The van der Waals surface area contributed by atoms with E-state index in [0.717, 1.165) is 31.5 Å². The minimum Gasteiger partial charge on any atom is -0.462 e. The summed E-state index contributed by atoms with van der Waals surface area (Å²) in [5, 5.41) is 0. The van der Waals surface area contributed by atoms with E-state index in [1.807, 2.05) is 25.1 Å². The van der Waals surface area contributed by atoms with E-state index >= 15 is 0 Å². The van der Waals surface area contributed by atoms with Crippen molar-refractivity contribution in [3.63, 3.8) is 0 Å². The van der Waals surface area contributed by atoms with Gasteiger partial charge in [0.25, 0.3) is 0 Å². The first-order valence-electron chi connectivity index (χ1n) is 7.16. The maximum Gasteiger partial charge on any atom is 0.338 e. The average Bonchev–Trinajstić information content (AvgIpc) is 2.42. The molecule has 0 saturated carbocycles. The third kappa shape index (κ3) is 4.27. The average molecular weight is 263 g/mol. The molecule has 0 amide bonds. The number of unbranched alkanes of at least 4 members (excludes halogenated alkanes) is 1. The van der Waals surface area contributed by atoms with Crippen molar-refractivity contribution in [3.05, 3.63) is 29.3 Å². The second-order valence-corrected chi connectivity index (χ2v) is 4.66. The highest BCUT2D eigenvalue weighted by Crippen LogP contribution is 2.21. The second-order valence-electron chi connectivity index (χ2n) is 4.66. The number of carbonyl (C=O) groups is 1. The molecule has 1 rings (SSSR count). The normalized spacial score (nSPS) is 10.3. The number of hydrogen-bond acceptors (Lipinski definition) is 3. The van der Waals surface area contributed by atoms with Crippen LogP contribution in [0.4, 0.5) is 5.69 Å². The summed E-state index contributed by atoms with van der Waals surface area (Å²) in [5.41, 5.74) is 2.95. The molecule has 1 aromatic carbocycles. The van der Waals surface area contributed by atoms with Crippen LogP contribution in [0.1, 0.15) is 49.5 Å². The van der Waals surface area contributed by atoms with Crippen molar-refractivity contribution in [1.82, 2.24) is 0 Å². The predicted octanol–water partition coefficient (Wildman–Crippen LogP) is 3.80. The van der Waals surface area contributed by atoms with Crippen molar-refractivity contribution in [3.8, 4) is 0 Å². The Morgan fingerprint density at radius 2 is 1.89 bits per heavy atom. The van der Waals surface area contributed by atoms with Crippen molar-refractivity contribution in [2.45, 2.75) is 40.5 Å². The van der Waals surface area contributed by atoms with Gasteiger partial charge in [0, 0.05) is 18.8 Å². The van der Waals surface area contributed by atoms with Gasteiger partial charge < -0.3 is 9.64 Å². The van der Waals surface area contributed by atoms with E-state index in [1.54, 1.807) is 0 Å². The van der Waals surface area contributed by atoms with Crippen LogP contribution in [0.2, 0.25) is 0 Å². The van der Waals surface area contributed by atoms with Crippen molar-refractivity contribution in [1.29, 1.82) is 0 Å². The summed E-state index contributed by atoms with van der Waals surface area (Å²) in [6.45, 7) is 10.8. The third-order valence-electron chi connectivity index (χ3n) is 3.27. The molecule has 0 heterocycles. The highest BCUT2D eigenvalue weighted by Gasteiger charge is 2.11. The van der Waals surface area contributed by atoms with Gasteiger partial charge in [-0.3, -0.25) is 0 Å². The fraction of sp³-hybridized carbons (Fsp3) is 0.562. The number of nitrogens with zero attached hydrogens (tertiary/aromatic N) is 1. The number of anilines is 1. The van der Waals surface area contributed by atoms with Gasteiger partial charge in [-0.15, -0.1) is 0 Å². The quantitative estimate of drug-likeness (QED) is 0.553. The Kier molecular flexibility index (Phi) is 6.40. The second kappa shape index (κ2) is 7.82. The van der Waals surface area contributed by atoms with Gasteiger partial charge in [0.1, 0.15) is 0 Å². The lowest BCUT2D eigenvalue weighted by Crippen LogP contribution is -2.22. The summed E-state index contributed by atoms with van der Waals surface area (Å²) in [6, 6.07) is 5.79. The van der Waals surface area contributed by atoms with Crippen LogP contribution in [0, 0.1) is 6.92 Å². The maximum atomic E-state index is 11.9. The van der Waals surface area contributed by atoms with Crippen LogP contribution in [0.3, 0.4) is 0 Å². The maximum absolute atomic E-state index is 11.9. The molecule has 0 saturated heterocycles. The number of carbonyl (C=O) groups excluding carboxylic acids is 1. The zero-order chi connectivity index (χ0) is 14.3. The lowest BCUT2D eigenvalue weighted by Gasteiger charge is -2.23. The number of rotatable bonds is 7. The smallest absolute Gasteiger partial charge is 0.338 e. The van der Waals surface area contributed by atoms with E-state index in [4.69, 9.17) is 4.74 Å². The van der Waals surface area contributed by atoms with Gasteiger partial charge in [0.2, 0.25) is 0 Å². The standard InChI is InChI=1S/C16H25NO2/c1-5-8-11-19-16(18)14-9-10-15(13(4)12-14)17(6-2)7-3/h9-10,12H,5-8,11H2,1-4H3. The molecule has 106 valence electrons. The largest absolute Gasteiger partial charge is 0.462 e. The van der Waals surface area contributed by atoms with E-state index in [2.05, 4.69) is 25.7 Å². The van der Waals surface area contributed by atoms with Crippen LogP contribution >= 0.6 is 0 Å². The fourth-order valence-corrected chi connectivity index (χ4v) is 2.09. The van der Waals surface area contributed by atoms with E-state index < -0.39 is 0 Å². The van der Waals surface area contributed by atoms with Gasteiger partial charge in [-0.2, -0.15) is 0 Å². The minimum absolute atomic E-state index is 0.220. The Morgan fingerprint density at radius 3 is 2.42 bits per heavy atom. The zero-order valence-electron chi connectivity index (χ0n) is 12.5. The lowest BCUT2D eigenvalue weighted by molar-refractivity contribution is 0.0499. The summed E-state index contributed by atoms with van der Waals surface area (Å²) in [4.78, 5) is 14.1. The summed E-state index contributed by atoms with van der Waals surface area (Å²) in [7, 11) is 0. The van der Waals surface area contributed by atoms with Crippen molar-refractivity contribution in [2.24, 2.45) is 0 Å². The van der Waals surface area contributed by atoms with Crippen LogP contribution in [0.5, 0.6) is 0 Å². The van der Waals surface area contributed by atoms with E-state index in [-0.39, 0.29) is 5.97 Å². The Labute approximate surface area is 116 Å². The number of esters is 1. The van der Waals surface area contributed by atoms with Crippen molar-refractivity contribution in [2.75, 3.05) is 24.6 Å². The minimum atomic E-state index is -0.220. The molecule has 0 N–H and O–H groups in total. The molecule has 1 aromatic rings.